The Morgan fingerprint density at radius 3 is 2.12 bits per heavy atom. The molecule has 1 aliphatic rings. The molecule has 0 bridgehead atoms. The smallest absolute Gasteiger partial charge is 0.305 e. The van der Waals surface area contributed by atoms with E-state index in [2.05, 4.69) is 53.8 Å². The summed E-state index contributed by atoms with van der Waals surface area (Å²) in [5, 5.41) is 3.22. The minimum Gasteiger partial charge on any atom is -0.305 e. The van der Waals surface area contributed by atoms with E-state index in [4.69, 9.17) is 5.73 Å². The first-order chi connectivity index (χ1) is 11.7. The zero-order chi connectivity index (χ0) is 16.8. The van der Waals surface area contributed by atoms with Gasteiger partial charge in [-0.1, -0.05) is 60.7 Å². The summed E-state index contributed by atoms with van der Waals surface area (Å²) in [6.07, 6.45) is 0.971. The fraction of sp³-hybridized carbons (Fsp3) is 0.350. The summed E-state index contributed by atoms with van der Waals surface area (Å²) >= 11 is 0. The number of hydrogen-bond acceptors (Lipinski definition) is 3. The predicted molar refractivity (Wildman–Crippen MR) is 96.3 cm³/mol. The zero-order valence-corrected chi connectivity index (χ0v) is 14.0. The van der Waals surface area contributed by atoms with Crippen molar-refractivity contribution in [2.75, 3.05) is 32.8 Å². The van der Waals surface area contributed by atoms with Crippen molar-refractivity contribution in [2.45, 2.75) is 12.3 Å². The molecular formula is C20H26N3O+. The van der Waals surface area contributed by atoms with E-state index in [1.807, 2.05) is 12.1 Å². The summed E-state index contributed by atoms with van der Waals surface area (Å²) in [5.74, 6) is 0.366. The molecular weight excluding hydrogens is 298 g/mol. The first kappa shape index (κ1) is 16.8. The molecule has 2 aromatic carbocycles. The Hall–Kier alpha value is -2.01. The summed E-state index contributed by atoms with van der Waals surface area (Å²) in [5.41, 5.74) is 8.60. The van der Waals surface area contributed by atoms with Crippen molar-refractivity contribution >= 4 is 5.91 Å². The molecule has 4 heteroatoms. The van der Waals surface area contributed by atoms with Gasteiger partial charge >= 0.3 is 5.91 Å². The molecule has 0 saturated carbocycles. The van der Waals surface area contributed by atoms with Crippen LogP contribution in [0.15, 0.2) is 60.7 Å². The normalized spacial score (nSPS) is 21.7. The lowest BCUT2D eigenvalue weighted by atomic mass is 9.90. The fourth-order valence-corrected chi connectivity index (χ4v) is 3.58. The second-order valence-electron chi connectivity index (χ2n) is 6.53. The number of nitrogens with zero attached hydrogens (tertiary/aromatic N) is 1. The quantitative estimate of drug-likeness (QED) is 0.828. The van der Waals surface area contributed by atoms with Crippen molar-refractivity contribution < 1.29 is 9.28 Å². The highest BCUT2D eigenvalue weighted by molar-refractivity contribution is 5.71. The summed E-state index contributed by atoms with van der Waals surface area (Å²) < 4.78 is 0.349. The predicted octanol–water partition coefficient (Wildman–Crippen LogP) is 2.07. The number of rotatable bonds is 5. The van der Waals surface area contributed by atoms with Gasteiger partial charge in [0.15, 0.2) is 0 Å². The third kappa shape index (κ3) is 3.56. The van der Waals surface area contributed by atoms with E-state index in [1.165, 1.54) is 11.1 Å². The Morgan fingerprint density at radius 1 is 1.00 bits per heavy atom. The molecule has 1 saturated heterocycles. The number of carbonyl (C=O) groups excluding carboxylic acids is 1. The van der Waals surface area contributed by atoms with Gasteiger partial charge in [-0.2, -0.15) is 0 Å². The number of nitrogens with two attached hydrogens (primary N) is 1. The largest absolute Gasteiger partial charge is 0.328 e. The van der Waals surface area contributed by atoms with Gasteiger partial charge in [0.2, 0.25) is 0 Å². The van der Waals surface area contributed by atoms with Gasteiger partial charge in [0.05, 0.1) is 19.0 Å². The molecule has 3 N–H and O–H groups in total. The molecule has 0 radical (unpaired) electrons. The van der Waals surface area contributed by atoms with Crippen LogP contribution in [0.2, 0.25) is 0 Å². The van der Waals surface area contributed by atoms with Crippen molar-refractivity contribution in [3.05, 3.63) is 71.8 Å². The van der Waals surface area contributed by atoms with Crippen LogP contribution in [0.5, 0.6) is 0 Å². The van der Waals surface area contributed by atoms with Crippen molar-refractivity contribution in [2.24, 2.45) is 5.73 Å². The van der Waals surface area contributed by atoms with Gasteiger partial charge in [-0.15, -0.1) is 0 Å². The van der Waals surface area contributed by atoms with Crippen molar-refractivity contribution in [1.82, 2.24) is 5.32 Å². The Labute approximate surface area is 143 Å². The highest BCUT2D eigenvalue weighted by Crippen LogP contribution is 2.29. The molecule has 24 heavy (non-hydrogen) atoms. The molecule has 2 aromatic rings. The molecule has 126 valence electrons. The summed E-state index contributed by atoms with van der Waals surface area (Å²) in [7, 11) is 0. The molecule has 1 heterocycles. The Morgan fingerprint density at radius 2 is 1.58 bits per heavy atom. The van der Waals surface area contributed by atoms with Crippen LogP contribution in [0.3, 0.4) is 0 Å². The Bertz CT molecular complexity index is 620. The first-order valence-electron chi connectivity index (χ1n) is 8.65. The first-order valence-corrected chi connectivity index (χ1v) is 8.65. The van der Waals surface area contributed by atoms with Crippen LogP contribution < -0.4 is 11.1 Å². The monoisotopic (exact) mass is 324 g/mol. The molecule has 1 unspecified atom stereocenters. The lowest BCUT2D eigenvalue weighted by molar-refractivity contribution is -0.854. The van der Waals surface area contributed by atoms with Crippen LogP contribution in [0.4, 0.5) is 0 Å². The highest BCUT2D eigenvalue weighted by atomic mass is 16.2. The van der Waals surface area contributed by atoms with E-state index >= 15 is 0 Å². The van der Waals surface area contributed by atoms with Gasteiger partial charge < -0.3 is 5.32 Å². The van der Waals surface area contributed by atoms with Crippen LogP contribution in [0.1, 0.15) is 23.5 Å². The third-order valence-electron chi connectivity index (χ3n) is 5.03. The van der Waals surface area contributed by atoms with Gasteiger partial charge in [0, 0.05) is 13.0 Å². The Balaban J connectivity index is 1.98. The van der Waals surface area contributed by atoms with Crippen LogP contribution >= 0.6 is 0 Å². The number of quaternary nitrogens is 1. The maximum Gasteiger partial charge on any atom is 0.328 e. The molecule has 0 spiro atoms. The van der Waals surface area contributed by atoms with E-state index < -0.39 is 0 Å². The van der Waals surface area contributed by atoms with Gasteiger partial charge in [0.1, 0.15) is 13.2 Å². The van der Waals surface area contributed by atoms with Gasteiger partial charge in [0.25, 0.3) is 0 Å². The van der Waals surface area contributed by atoms with Crippen LogP contribution in [0, 0.1) is 0 Å². The van der Waals surface area contributed by atoms with Gasteiger partial charge in [-0.05, 0) is 11.1 Å². The number of benzene rings is 2. The SMILES string of the molecule is NC[N+]1(CC(c2ccccc2)c2ccccc2)CCCNCC1=O. The number of amides is 1. The standard InChI is InChI=1S/C20H26N3O/c21-16-23(13-7-12-22-14-20(23)24)15-19(17-8-3-1-4-9-17)18-10-5-2-6-11-18/h1-6,8-11,19,22H,7,12-16,21H2/q+1. The average molecular weight is 324 g/mol. The van der Waals surface area contributed by atoms with Crippen LogP contribution in [-0.4, -0.2) is 43.2 Å². The maximum absolute atomic E-state index is 12.8. The molecule has 1 aliphatic heterocycles. The highest BCUT2D eigenvalue weighted by Gasteiger charge is 2.39. The van der Waals surface area contributed by atoms with Crippen molar-refractivity contribution in [1.29, 1.82) is 0 Å². The molecule has 1 amide bonds. The fourth-order valence-electron chi connectivity index (χ4n) is 3.58. The zero-order valence-electron chi connectivity index (χ0n) is 14.0. The summed E-state index contributed by atoms with van der Waals surface area (Å²) in [4.78, 5) is 12.8. The lowest BCUT2D eigenvalue weighted by Crippen LogP contribution is -2.59. The minimum atomic E-state index is 0.165. The number of hydrogen-bond donors (Lipinski definition) is 2. The number of nitrogens with one attached hydrogen (secondary N) is 1. The van der Waals surface area contributed by atoms with Gasteiger partial charge in [-0.3, -0.25) is 5.73 Å². The summed E-state index contributed by atoms with van der Waals surface area (Å²) in [6, 6.07) is 20.9. The lowest BCUT2D eigenvalue weighted by Gasteiger charge is -2.36. The summed E-state index contributed by atoms with van der Waals surface area (Å²) in [6.45, 7) is 3.17. The molecule has 1 atom stereocenters. The topological polar surface area (TPSA) is 55.1 Å². The van der Waals surface area contributed by atoms with Crippen molar-refractivity contribution in [3.63, 3.8) is 0 Å². The number of carbonyl (C=O) groups is 1. The molecule has 1 fully saturated rings. The molecule has 0 aliphatic carbocycles. The van der Waals surface area contributed by atoms with Crippen molar-refractivity contribution in [3.8, 4) is 0 Å². The molecule has 3 rings (SSSR count). The Kier molecular flexibility index (Phi) is 5.41. The second kappa shape index (κ2) is 7.71. The van der Waals surface area contributed by atoms with Crippen LogP contribution in [0.25, 0.3) is 0 Å². The van der Waals surface area contributed by atoms with E-state index in [1.54, 1.807) is 0 Å². The molecule has 0 aromatic heterocycles. The van der Waals surface area contributed by atoms with E-state index in [0.717, 1.165) is 19.5 Å². The minimum absolute atomic E-state index is 0.165. The molecule has 4 nitrogen and oxygen atoms in total. The second-order valence-corrected chi connectivity index (χ2v) is 6.53. The maximum atomic E-state index is 12.8. The van der Waals surface area contributed by atoms with Gasteiger partial charge in [-0.25, -0.2) is 9.28 Å². The van der Waals surface area contributed by atoms with E-state index in [-0.39, 0.29) is 11.8 Å². The average Bonchev–Trinajstić information content (AvgIpc) is 2.83. The van der Waals surface area contributed by atoms with Crippen LogP contribution in [-0.2, 0) is 4.79 Å². The van der Waals surface area contributed by atoms with E-state index in [9.17, 15) is 4.79 Å². The van der Waals surface area contributed by atoms with E-state index in [0.29, 0.717) is 24.2 Å². The third-order valence-corrected chi connectivity index (χ3v) is 5.03.